The molecular formula is C15H14FNO. The molecule has 1 N–H and O–H groups in total. The SMILES string of the molecule is O=C(CNCc1ccccc1)c1ccc(F)cc1. The molecule has 0 unspecified atom stereocenters. The maximum atomic E-state index is 12.7. The van der Waals surface area contributed by atoms with Crippen LogP contribution in [0.2, 0.25) is 0 Å². The fraction of sp³-hybridized carbons (Fsp3) is 0.133. The first-order valence-corrected chi connectivity index (χ1v) is 5.79. The summed E-state index contributed by atoms with van der Waals surface area (Å²) in [7, 11) is 0. The summed E-state index contributed by atoms with van der Waals surface area (Å²) in [5.74, 6) is -0.366. The molecule has 92 valence electrons. The second-order valence-electron chi connectivity index (χ2n) is 4.02. The minimum Gasteiger partial charge on any atom is -0.306 e. The van der Waals surface area contributed by atoms with Crippen molar-refractivity contribution in [2.75, 3.05) is 6.54 Å². The molecule has 0 radical (unpaired) electrons. The third kappa shape index (κ3) is 3.50. The van der Waals surface area contributed by atoms with E-state index in [0.717, 1.165) is 5.56 Å². The van der Waals surface area contributed by atoms with Crippen molar-refractivity contribution >= 4 is 5.78 Å². The van der Waals surface area contributed by atoms with Gasteiger partial charge in [0, 0.05) is 12.1 Å². The van der Waals surface area contributed by atoms with Crippen LogP contribution in [-0.2, 0) is 6.54 Å². The van der Waals surface area contributed by atoms with Crippen LogP contribution in [0, 0.1) is 5.82 Å². The van der Waals surface area contributed by atoms with E-state index in [1.807, 2.05) is 30.3 Å². The lowest BCUT2D eigenvalue weighted by Crippen LogP contribution is -2.22. The molecule has 3 heteroatoms. The number of hydrogen-bond donors (Lipinski definition) is 1. The highest BCUT2D eigenvalue weighted by molar-refractivity contribution is 5.97. The number of halogens is 1. The maximum absolute atomic E-state index is 12.7. The number of hydrogen-bond acceptors (Lipinski definition) is 2. The summed E-state index contributed by atoms with van der Waals surface area (Å²) >= 11 is 0. The monoisotopic (exact) mass is 243 g/mol. The van der Waals surface area contributed by atoms with Crippen molar-refractivity contribution in [2.45, 2.75) is 6.54 Å². The third-order valence-electron chi connectivity index (χ3n) is 2.62. The van der Waals surface area contributed by atoms with Gasteiger partial charge >= 0.3 is 0 Å². The van der Waals surface area contributed by atoms with Crippen LogP contribution in [0.1, 0.15) is 15.9 Å². The van der Waals surface area contributed by atoms with Crippen molar-refractivity contribution in [3.8, 4) is 0 Å². The van der Waals surface area contributed by atoms with Gasteiger partial charge in [-0.2, -0.15) is 0 Å². The van der Waals surface area contributed by atoms with Crippen LogP contribution in [-0.4, -0.2) is 12.3 Å². The zero-order valence-corrected chi connectivity index (χ0v) is 9.90. The predicted molar refractivity (Wildman–Crippen MR) is 68.9 cm³/mol. The van der Waals surface area contributed by atoms with Gasteiger partial charge in [-0.05, 0) is 29.8 Å². The van der Waals surface area contributed by atoms with Gasteiger partial charge in [0.2, 0.25) is 0 Å². The van der Waals surface area contributed by atoms with Gasteiger partial charge in [0.15, 0.2) is 5.78 Å². The van der Waals surface area contributed by atoms with E-state index in [1.54, 1.807) is 0 Å². The van der Waals surface area contributed by atoms with Crippen LogP contribution in [0.5, 0.6) is 0 Å². The summed E-state index contributed by atoms with van der Waals surface area (Å²) in [5.41, 5.74) is 1.65. The number of nitrogens with one attached hydrogen (secondary N) is 1. The lowest BCUT2D eigenvalue weighted by molar-refractivity contribution is 0.0991. The van der Waals surface area contributed by atoms with Gasteiger partial charge in [0.05, 0.1) is 6.54 Å². The Hall–Kier alpha value is -2.00. The number of Topliss-reactive ketones (excluding diaryl/α,β-unsaturated/α-hetero) is 1. The number of carbonyl (C=O) groups is 1. The van der Waals surface area contributed by atoms with Gasteiger partial charge in [-0.1, -0.05) is 30.3 Å². The molecule has 0 spiro atoms. The normalized spacial score (nSPS) is 10.3. The van der Waals surface area contributed by atoms with Crippen molar-refractivity contribution in [3.63, 3.8) is 0 Å². The minimum absolute atomic E-state index is 0.0362. The van der Waals surface area contributed by atoms with Crippen molar-refractivity contribution < 1.29 is 9.18 Å². The van der Waals surface area contributed by atoms with E-state index in [1.165, 1.54) is 24.3 Å². The highest BCUT2D eigenvalue weighted by Crippen LogP contribution is 2.03. The van der Waals surface area contributed by atoms with Gasteiger partial charge in [-0.15, -0.1) is 0 Å². The summed E-state index contributed by atoms with van der Waals surface area (Å²) in [6.45, 7) is 0.897. The fourth-order valence-corrected chi connectivity index (χ4v) is 1.65. The number of benzene rings is 2. The van der Waals surface area contributed by atoms with Crippen LogP contribution in [0.15, 0.2) is 54.6 Å². The van der Waals surface area contributed by atoms with Crippen molar-refractivity contribution in [3.05, 3.63) is 71.5 Å². The van der Waals surface area contributed by atoms with Crippen molar-refractivity contribution in [2.24, 2.45) is 0 Å². The maximum Gasteiger partial charge on any atom is 0.176 e. The Bertz CT molecular complexity index is 508. The van der Waals surface area contributed by atoms with Crippen LogP contribution < -0.4 is 5.32 Å². The lowest BCUT2D eigenvalue weighted by atomic mass is 10.1. The quantitative estimate of drug-likeness (QED) is 0.818. The Morgan fingerprint density at radius 2 is 1.67 bits per heavy atom. The minimum atomic E-state index is -0.330. The molecule has 0 aliphatic heterocycles. The van der Waals surface area contributed by atoms with E-state index in [4.69, 9.17) is 0 Å². The van der Waals surface area contributed by atoms with E-state index >= 15 is 0 Å². The lowest BCUT2D eigenvalue weighted by Gasteiger charge is -2.04. The molecule has 0 heterocycles. The Morgan fingerprint density at radius 3 is 2.33 bits per heavy atom. The molecule has 2 aromatic rings. The summed E-state index contributed by atoms with van der Waals surface area (Å²) in [6, 6.07) is 15.5. The molecule has 0 saturated heterocycles. The Balaban J connectivity index is 1.84. The van der Waals surface area contributed by atoms with E-state index in [0.29, 0.717) is 12.1 Å². The van der Waals surface area contributed by atoms with E-state index < -0.39 is 0 Å². The molecule has 0 saturated carbocycles. The summed E-state index contributed by atoms with van der Waals surface area (Å²) in [4.78, 5) is 11.8. The van der Waals surface area contributed by atoms with Gasteiger partial charge in [0.1, 0.15) is 5.82 Å². The fourth-order valence-electron chi connectivity index (χ4n) is 1.65. The predicted octanol–water partition coefficient (Wildman–Crippen LogP) is 2.80. The van der Waals surface area contributed by atoms with Crippen LogP contribution in [0.25, 0.3) is 0 Å². The standard InChI is InChI=1S/C15H14FNO/c16-14-8-6-13(7-9-14)15(18)11-17-10-12-4-2-1-3-5-12/h1-9,17H,10-11H2. The molecule has 0 fully saturated rings. The number of ketones is 1. The largest absolute Gasteiger partial charge is 0.306 e. The molecule has 18 heavy (non-hydrogen) atoms. The molecule has 0 atom stereocenters. The second kappa shape index (κ2) is 6.07. The molecule has 2 nitrogen and oxygen atoms in total. The zero-order valence-electron chi connectivity index (χ0n) is 9.90. The van der Waals surface area contributed by atoms with Gasteiger partial charge in [-0.25, -0.2) is 4.39 Å². The smallest absolute Gasteiger partial charge is 0.176 e. The van der Waals surface area contributed by atoms with Crippen molar-refractivity contribution in [1.29, 1.82) is 0 Å². The summed E-state index contributed by atoms with van der Waals surface area (Å²) < 4.78 is 12.7. The van der Waals surface area contributed by atoms with E-state index in [2.05, 4.69) is 5.32 Å². The first-order chi connectivity index (χ1) is 8.75. The van der Waals surface area contributed by atoms with Crippen LogP contribution >= 0.6 is 0 Å². The average molecular weight is 243 g/mol. The first-order valence-electron chi connectivity index (χ1n) is 5.79. The molecular weight excluding hydrogens is 229 g/mol. The first kappa shape index (κ1) is 12.5. The number of carbonyl (C=O) groups excluding carboxylic acids is 1. The summed E-state index contributed by atoms with van der Waals surface area (Å²) in [6.07, 6.45) is 0. The topological polar surface area (TPSA) is 29.1 Å². The molecule has 0 bridgehead atoms. The molecule has 0 amide bonds. The third-order valence-corrected chi connectivity index (χ3v) is 2.62. The van der Waals surface area contributed by atoms with E-state index in [9.17, 15) is 9.18 Å². The molecule has 0 aliphatic rings. The van der Waals surface area contributed by atoms with Crippen molar-refractivity contribution in [1.82, 2.24) is 5.32 Å². The molecule has 0 aromatic heterocycles. The zero-order chi connectivity index (χ0) is 12.8. The summed E-state index contributed by atoms with van der Waals surface area (Å²) in [5, 5.41) is 3.07. The highest BCUT2D eigenvalue weighted by Gasteiger charge is 2.04. The Labute approximate surface area is 105 Å². The second-order valence-corrected chi connectivity index (χ2v) is 4.02. The van der Waals surface area contributed by atoms with Gasteiger partial charge in [0.25, 0.3) is 0 Å². The van der Waals surface area contributed by atoms with Gasteiger partial charge in [-0.3, -0.25) is 4.79 Å². The Morgan fingerprint density at radius 1 is 1.00 bits per heavy atom. The average Bonchev–Trinajstić information content (AvgIpc) is 2.40. The van der Waals surface area contributed by atoms with Gasteiger partial charge < -0.3 is 5.32 Å². The van der Waals surface area contributed by atoms with E-state index in [-0.39, 0.29) is 18.1 Å². The molecule has 2 rings (SSSR count). The van der Waals surface area contributed by atoms with Crippen LogP contribution in [0.4, 0.5) is 4.39 Å². The Kier molecular flexibility index (Phi) is 4.20. The highest BCUT2D eigenvalue weighted by atomic mass is 19.1. The molecule has 0 aliphatic carbocycles. The number of rotatable bonds is 5. The van der Waals surface area contributed by atoms with Crippen LogP contribution in [0.3, 0.4) is 0 Å². The molecule has 2 aromatic carbocycles.